The van der Waals surface area contributed by atoms with Crippen molar-refractivity contribution in [2.24, 2.45) is 5.73 Å². The summed E-state index contributed by atoms with van der Waals surface area (Å²) < 4.78 is 0. The van der Waals surface area contributed by atoms with Crippen LogP contribution in [-0.2, 0) is 6.42 Å². The maximum atomic E-state index is 10.5. The van der Waals surface area contributed by atoms with E-state index in [0.717, 1.165) is 18.5 Å². The van der Waals surface area contributed by atoms with Gasteiger partial charge in [-0.25, -0.2) is 4.79 Å². The van der Waals surface area contributed by atoms with Crippen molar-refractivity contribution in [1.29, 1.82) is 0 Å². The average molecular weight is 220 g/mol. The summed E-state index contributed by atoms with van der Waals surface area (Å²) in [6.45, 7) is 1.26. The largest absolute Gasteiger partial charge is 0.352 e. The number of aryl methyl sites for hydroxylation is 1. The Morgan fingerprint density at radius 3 is 3.25 bits per heavy atom. The third-order valence-electron chi connectivity index (χ3n) is 2.77. The molecule has 0 saturated carbocycles. The fourth-order valence-corrected chi connectivity index (χ4v) is 2.04. The number of carbonyl (C=O) groups excluding carboxylic acids is 1. The molecule has 1 heterocycles. The van der Waals surface area contributed by atoms with E-state index in [-0.39, 0.29) is 0 Å². The second-order valence-electron chi connectivity index (χ2n) is 3.88. The van der Waals surface area contributed by atoms with Gasteiger partial charge in [-0.3, -0.25) is 4.98 Å². The van der Waals surface area contributed by atoms with Crippen LogP contribution < -0.4 is 16.4 Å². The lowest BCUT2D eigenvalue weighted by Gasteiger charge is -2.12. The Morgan fingerprint density at radius 2 is 2.44 bits per heavy atom. The molecule has 0 fully saturated rings. The van der Waals surface area contributed by atoms with Crippen LogP contribution in [0, 0.1) is 0 Å². The topological polar surface area (TPSA) is 80.0 Å². The number of hydrogen-bond acceptors (Lipinski definition) is 3. The van der Waals surface area contributed by atoms with Gasteiger partial charge in [-0.1, -0.05) is 6.07 Å². The van der Waals surface area contributed by atoms with E-state index in [4.69, 9.17) is 5.73 Å². The van der Waals surface area contributed by atoms with Crippen molar-refractivity contribution in [3.63, 3.8) is 0 Å². The molecule has 0 aromatic carbocycles. The summed E-state index contributed by atoms with van der Waals surface area (Å²) in [5, 5.41) is 5.91. The summed E-state index contributed by atoms with van der Waals surface area (Å²) in [5.74, 6) is 0. The maximum Gasteiger partial charge on any atom is 0.312 e. The molecule has 4 N–H and O–H groups in total. The molecule has 1 aliphatic carbocycles. The van der Waals surface area contributed by atoms with E-state index < -0.39 is 6.03 Å². The molecule has 2 rings (SSSR count). The number of pyridine rings is 1. The number of nitrogens with one attached hydrogen (secondary N) is 2. The number of primary amides is 1. The number of rotatable bonds is 4. The number of urea groups is 1. The van der Waals surface area contributed by atoms with Gasteiger partial charge in [0, 0.05) is 19.3 Å². The Morgan fingerprint density at radius 1 is 1.56 bits per heavy atom. The number of fused-ring (bicyclic) bond motifs is 1. The second-order valence-corrected chi connectivity index (χ2v) is 3.88. The van der Waals surface area contributed by atoms with Crippen molar-refractivity contribution >= 4 is 6.03 Å². The Kier molecular flexibility index (Phi) is 3.36. The molecule has 0 aliphatic heterocycles. The number of carbonyl (C=O) groups is 1. The zero-order valence-electron chi connectivity index (χ0n) is 9.07. The van der Waals surface area contributed by atoms with Gasteiger partial charge in [0.15, 0.2) is 0 Å². The van der Waals surface area contributed by atoms with Crippen LogP contribution in [0.25, 0.3) is 0 Å². The van der Waals surface area contributed by atoms with Crippen molar-refractivity contribution < 1.29 is 4.79 Å². The molecule has 1 aromatic heterocycles. The molecule has 1 aromatic rings. The van der Waals surface area contributed by atoms with E-state index in [1.807, 2.05) is 12.3 Å². The SMILES string of the molecule is NC(=O)NCCNC1CCc2cccnc21. The molecule has 0 spiro atoms. The van der Waals surface area contributed by atoms with Crippen molar-refractivity contribution in [3.8, 4) is 0 Å². The lowest BCUT2D eigenvalue weighted by Crippen LogP contribution is -2.36. The first-order valence-corrected chi connectivity index (χ1v) is 5.48. The summed E-state index contributed by atoms with van der Waals surface area (Å²) in [5.41, 5.74) is 7.44. The van der Waals surface area contributed by atoms with E-state index in [1.54, 1.807) is 0 Å². The molecule has 0 radical (unpaired) electrons. The summed E-state index contributed by atoms with van der Waals surface area (Å²) in [6, 6.07) is 3.92. The zero-order valence-corrected chi connectivity index (χ0v) is 9.07. The van der Waals surface area contributed by atoms with E-state index >= 15 is 0 Å². The Bertz CT molecular complexity index is 380. The third-order valence-corrected chi connectivity index (χ3v) is 2.77. The fraction of sp³-hybridized carbons (Fsp3) is 0.455. The van der Waals surface area contributed by atoms with Gasteiger partial charge >= 0.3 is 6.03 Å². The molecule has 86 valence electrons. The maximum absolute atomic E-state index is 10.5. The van der Waals surface area contributed by atoms with Crippen molar-refractivity contribution in [2.45, 2.75) is 18.9 Å². The molecule has 16 heavy (non-hydrogen) atoms. The summed E-state index contributed by atoms with van der Waals surface area (Å²) in [7, 11) is 0. The third kappa shape index (κ3) is 2.49. The number of amides is 2. The molecule has 1 unspecified atom stereocenters. The van der Waals surface area contributed by atoms with Crippen LogP contribution in [0.2, 0.25) is 0 Å². The van der Waals surface area contributed by atoms with E-state index in [1.165, 1.54) is 5.56 Å². The number of hydrogen-bond donors (Lipinski definition) is 3. The van der Waals surface area contributed by atoms with E-state index in [9.17, 15) is 4.79 Å². The standard InChI is InChI=1S/C11H16N4O/c12-11(16)15-7-6-13-9-4-3-8-2-1-5-14-10(8)9/h1-2,5,9,13H,3-4,6-7H2,(H3,12,15,16). The molecular weight excluding hydrogens is 204 g/mol. The first-order chi connectivity index (χ1) is 7.77. The zero-order chi connectivity index (χ0) is 11.4. The van der Waals surface area contributed by atoms with Gasteiger partial charge in [-0.15, -0.1) is 0 Å². The van der Waals surface area contributed by atoms with E-state index in [2.05, 4.69) is 21.7 Å². The average Bonchev–Trinajstić information content (AvgIpc) is 2.68. The number of nitrogens with two attached hydrogens (primary N) is 1. The summed E-state index contributed by atoms with van der Waals surface area (Å²) in [4.78, 5) is 14.8. The molecule has 0 saturated heterocycles. The normalized spacial score (nSPS) is 18.1. The van der Waals surface area contributed by atoms with Crippen LogP contribution in [0.15, 0.2) is 18.3 Å². The number of nitrogens with zero attached hydrogens (tertiary/aromatic N) is 1. The monoisotopic (exact) mass is 220 g/mol. The van der Waals surface area contributed by atoms with Crippen LogP contribution in [0.3, 0.4) is 0 Å². The Labute approximate surface area is 94.4 Å². The van der Waals surface area contributed by atoms with Gasteiger partial charge in [0.25, 0.3) is 0 Å². The van der Waals surface area contributed by atoms with Crippen LogP contribution >= 0.6 is 0 Å². The highest BCUT2D eigenvalue weighted by Crippen LogP contribution is 2.28. The van der Waals surface area contributed by atoms with Crippen LogP contribution in [0.5, 0.6) is 0 Å². The molecule has 1 atom stereocenters. The van der Waals surface area contributed by atoms with E-state index in [0.29, 0.717) is 19.1 Å². The van der Waals surface area contributed by atoms with Crippen molar-refractivity contribution in [2.75, 3.05) is 13.1 Å². The summed E-state index contributed by atoms with van der Waals surface area (Å²) in [6.07, 6.45) is 3.97. The minimum absolute atomic E-state index is 0.311. The molecule has 2 amide bonds. The van der Waals surface area contributed by atoms with Gasteiger partial charge in [0.2, 0.25) is 0 Å². The minimum atomic E-state index is -0.480. The highest BCUT2D eigenvalue weighted by atomic mass is 16.2. The highest BCUT2D eigenvalue weighted by Gasteiger charge is 2.22. The predicted molar refractivity (Wildman–Crippen MR) is 60.9 cm³/mol. The first kappa shape index (κ1) is 10.9. The fourth-order valence-electron chi connectivity index (χ4n) is 2.04. The van der Waals surface area contributed by atoms with Crippen molar-refractivity contribution in [1.82, 2.24) is 15.6 Å². The molecule has 1 aliphatic rings. The quantitative estimate of drug-likeness (QED) is 0.639. The Balaban J connectivity index is 1.82. The van der Waals surface area contributed by atoms with Crippen LogP contribution in [0.4, 0.5) is 4.79 Å². The van der Waals surface area contributed by atoms with Gasteiger partial charge in [-0.2, -0.15) is 0 Å². The highest BCUT2D eigenvalue weighted by molar-refractivity contribution is 5.71. The summed E-state index contributed by atoms with van der Waals surface area (Å²) >= 11 is 0. The molecule has 5 nitrogen and oxygen atoms in total. The first-order valence-electron chi connectivity index (χ1n) is 5.48. The van der Waals surface area contributed by atoms with Gasteiger partial charge in [0.1, 0.15) is 0 Å². The predicted octanol–water partition coefficient (Wildman–Crippen LogP) is 0.327. The van der Waals surface area contributed by atoms with Gasteiger partial charge in [0.05, 0.1) is 11.7 Å². The van der Waals surface area contributed by atoms with Gasteiger partial charge in [-0.05, 0) is 24.5 Å². The van der Waals surface area contributed by atoms with Crippen LogP contribution in [-0.4, -0.2) is 24.1 Å². The van der Waals surface area contributed by atoms with Crippen LogP contribution in [0.1, 0.15) is 23.7 Å². The molecule has 5 heteroatoms. The molecule has 0 bridgehead atoms. The number of aromatic nitrogens is 1. The van der Waals surface area contributed by atoms with Gasteiger partial charge < -0.3 is 16.4 Å². The second kappa shape index (κ2) is 4.94. The molecular formula is C11H16N4O. The smallest absolute Gasteiger partial charge is 0.312 e. The van der Waals surface area contributed by atoms with Crippen molar-refractivity contribution in [3.05, 3.63) is 29.6 Å². The Hall–Kier alpha value is -1.62. The minimum Gasteiger partial charge on any atom is -0.352 e. The lowest BCUT2D eigenvalue weighted by atomic mass is 10.2. The lowest BCUT2D eigenvalue weighted by molar-refractivity contribution is 0.249.